The van der Waals surface area contributed by atoms with E-state index in [-0.39, 0.29) is 18.3 Å². The fourth-order valence-corrected chi connectivity index (χ4v) is 3.53. The number of benzene rings is 1. The lowest BCUT2D eigenvalue weighted by Gasteiger charge is -2.44. The molecule has 12 heteroatoms. The second kappa shape index (κ2) is 7.61. The Hall–Kier alpha value is -3.54. The largest absolute Gasteiger partial charge is 0.573 e. The predicted molar refractivity (Wildman–Crippen MR) is 105 cm³/mol. The van der Waals surface area contributed by atoms with Crippen molar-refractivity contribution >= 4 is 22.8 Å². The van der Waals surface area contributed by atoms with E-state index in [1.165, 1.54) is 40.9 Å². The lowest BCUT2D eigenvalue weighted by Crippen LogP contribution is -2.59. The number of carbonyl (C=O) groups is 1. The number of carboxylic acid groups (broad SMARTS) is 1. The van der Waals surface area contributed by atoms with Gasteiger partial charge in [0.05, 0.1) is 28.5 Å². The number of nitrogens with zero attached hydrogens (tertiary/aromatic N) is 5. The molecular formula is C19H19F3N6O3. The van der Waals surface area contributed by atoms with Gasteiger partial charge in [-0.05, 0) is 30.3 Å². The van der Waals surface area contributed by atoms with Crippen molar-refractivity contribution in [3.8, 4) is 11.4 Å². The number of hydrogen-bond donors (Lipinski definition) is 2. The first-order valence-electron chi connectivity index (χ1n) is 9.31. The summed E-state index contributed by atoms with van der Waals surface area (Å²) in [6.45, 7) is 1.16. The maximum atomic E-state index is 12.4. The Morgan fingerprint density at radius 3 is 2.55 bits per heavy atom. The number of hydrogen-bond acceptors (Lipinski definition) is 6. The van der Waals surface area contributed by atoms with Crippen LogP contribution in [0.4, 0.5) is 23.7 Å². The third-order valence-electron chi connectivity index (χ3n) is 5.18. The van der Waals surface area contributed by atoms with Crippen molar-refractivity contribution in [1.82, 2.24) is 19.7 Å². The Balaban J connectivity index is 1.67. The van der Waals surface area contributed by atoms with E-state index in [1.807, 2.05) is 11.0 Å². The fourth-order valence-electron chi connectivity index (χ4n) is 3.53. The number of halogens is 3. The van der Waals surface area contributed by atoms with Crippen molar-refractivity contribution in [3.05, 3.63) is 42.2 Å². The molecule has 1 amide bonds. The molecule has 2 aromatic heterocycles. The summed E-state index contributed by atoms with van der Waals surface area (Å²) in [4.78, 5) is 18.8. The van der Waals surface area contributed by atoms with Crippen LogP contribution in [0.5, 0.6) is 5.75 Å². The number of ether oxygens (including phenoxy) is 1. The second-order valence-corrected chi connectivity index (χ2v) is 7.09. The number of fused-ring (bicyclic) bond motifs is 1. The fraction of sp³-hybridized carbons (Fsp3) is 0.316. The molecule has 1 aromatic carbocycles. The highest BCUT2D eigenvalue weighted by Gasteiger charge is 2.34. The highest BCUT2D eigenvalue weighted by atomic mass is 19.4. The molecule has 31 heavy (non-hydrogen) atoms. The van der Waals surface area contributed by atoms with Crippen molar-refractivity contribution in [2.45, 2.75) is 18.9 Å². The average molecular weight is 436 g/mol. The van der Waals surface area contributed by atoms with Crippen LogP contribution in [0.1, 0.15) is 5.69 Å². The van der Waals surface area contributed by atoms with Gasteiger partial charge in [-0.2, -0.15) is 5.10 Å². The molecule has 4 rings (SSSR count). The van der Waals surface area contributed by atoms with Gasteiger partial charge < -0.3 is 25.4 Å². The highest BCUT2D eigenvalue weighted by molar-refractivity contribution is 5.93. The van der Waals surface area contributed by atoms with Gasteiger partial charge in [-0.15, -0.1) is 13.2 Å². The minimum atomic E-state index is -4.77. The summed E-state index contributed by atoms with van der Waals surface area (Å²) in [5, 5.41) is 14.4. The Kier molecular flexibility index (Phi) is 5.09. The van der Waals surface area contributed by atoms with Crippen LogP contribution in [-0.4, -0.2) is 63.4 Å². The van der Waals surface area contributed by atoms with Crippen LogP contribution in [0.15, 0.2) is 36.5 Å². The maximum Gasteiger partial charge on any atom is 0.573 e. The topological polar surface area (TPSA) is 110 Å². The van der Waals surface area contributed by atoms with Crippen LogP contribution >= 0.6 is 0 Å². The van der Waals surface area contributed by atoms with Gasteiger partial charge >= 0.3 is 12.5 Å². The monoisotopic (exact) mass is 436 g/mol. The van der Waals surface area contributed by atoms with Gasteiger partial charge in [0.15, 0.2) is 5.65 Å². The number of aromatic nitrogens is 3. The van der Waals surface area contributed by atoms with Crippen LogP contribution in [-0.2, 0) is 6.54 Å². The smallest absolute Gasteiger partial charge is 0.465 e. The lowest BCUT2D eigenvalue weighted by molar-refractivity contribution is -0.274. The van der Waals surface area contributed by atoms with Crippen molar-refractivity contribution in [2.24, 2.45) is 5.73 Å². The molecule has 0 bridgehead atoms. The molecule has 0 aliphatic carbocycles. The van der Waals surface area contributed by atoms with E-state index in [9.17, 15) is 18.0 Å². The molecule has 1 aliphatic rings. The highest BCUT2D eigenvalue weighted by Crippen LogP contribution is 2.34. The molecule has 164 valence electrons. The van der Waals surface area contributed by atoms with Crippen LogP contribution in [0.25, 0.3) is 16.7 Å². The van der Waals surface area contributed by atoms with Gasteiger partial charge in [0.1, 0.15) is 5.75 Å². The summed E-state index contributed by atoms with van der Waals surface area (Å²) in [6, 6.07) is 6.98. The molecule has 1 saturated heterocycles. The van der Waals surface area contributed by atoms with E-state index >= 15 is 0 Å². The zero-order valence-electron chi connectivity index (χ0n) is 16.4. The minimum absolute atomic E-state index is 0.127. The number of rotatable bonds is 5. The molecule has 3 aromatic rings. The van der Waals surface area contributed by atoms with E-state index in [4.69, 9.17) is 10.8 Å². The number of pyridine rings is 1. The first kappa shape index (κ1) is 20.7. The molecule has 0 unspecified atom stereocenters. The van der Waals surface area contributed by atoms with Gasteiger partial charge in [-0.25, -0.2) is 14.5 Å². The van der Waals surface area contributed by atoms with E-state index in [1.54, 1.807) is 6.20 Å². The molecular weight excluding hydrogens is 417 g/mol. The first-order chi connectivity index (χ1) is 14.7. The van der Waals surface area contributed by atoms with Gasteiger partial charge in [0.2, 0.25) is 0 Å². The Morgan fingerprint density at radius 1 is 1.29 bits per heavy atom. The quantitative estimate of drug-likeness (QED) is 0.633. The van der Waals surface area contributed by atoms with Crippen molar-refractivity contribution < 1.29 is 27.8 Å². The van der Waals surface area contributed by atoms with E-state index < -0.39 is 12.5 Å². The Bertz CT molecular complexity index is 1110. The summed E-state index contributed by atoms with van der Waals surface area (Å²) < 4.78 is 42.6. The normalized spacial score (nSPS) is 14.5. The SMILES string of the molecule is CN(C(=O)O)C1CN(c2ccnc3c2c(CN)nn3-c2ccc(OC(F)(F)F)cc2)C1. The number of likely N-dealkylation sites (N-methyl/N-ethyl adjacent to an activating group) is 1. The lowest BCUT2D eigenvalue weighted by atomic mass is 10.1. The van der Waals surface area contributed by atoms with Crippen molar-refractivity contribution in [3.63, 3.8) is 0 Å². The van der Waals surface area contributed by atoms with Gasteiger partial charge in [-0.1, -0.05) is 0 Å². The van der Waals surface area contributed by atoms with E-state index in [2.05, 4.69) is 14.8 Å². The summed E-state index contributed by atoms with van der Waals surface area (Å²) in [5.74, 6) is -0.338. The molecule has 3 N–H and O–H groups in total. The number of amides is 1. The molecule has 1 fully saturated rings. The van der Waals surface area contributed by atoms with Gasteiger partial charge in [0, 0.05) is 32.9 Å². The third kappa shape index (κ3) is 3.93. The maximum absolute atomic E-state index is 12.4. The van der Waals surface area contributed by atoms with Crippen LogP contribution in [0.3, 0.4) is 0 Å². The number of nitrogens with two attached hydrogens (primary N) is 1. The van der Waals surface area contributed by atoms with E-state index in [0.29, 0.717) is 30.1 Å². The first-order valence-corrected chi connectivity index (χ1v) is 9.31. The average Bonchev–Trinajstić information content (AvgIpc) is 3.05. The van der Waals surface area contributed by atoms with Crippen LogP contribution in [0, 0.1) is 0 Å². The summed E-state index contributed by atoms with van der Waals surface area (Å²) >= 11 is 0. The molecule has 0 saturated carbocycles. The van der Waals surface area contributed by atoms with Gasteiger partial charge in [0.25, 0.3) is 0 Å². The zero-order valence-corrected chi connectivity index (χ0v) is 16.4. The van der Waals surface area contributed by atoms with E-state index in [0.717, 1.165) is 11.1 Å². The zero-order chi connectivity index (χ0) is 22.3. The van der Waals surface area contributed by atoms with Crippen molar-refractivity contribution in [1.29, 1.82) is 0 Å². The number of anilines is 1. The predicted octanol–water partition coefficient (Wildman–Crippen LogP) is 2.58. The molecule has 0 radical (unpaired) electrons. The molecule has 1 aliphatic heterocycles. The standard InChI is InChI=1S/C19H19F3N6O3/c1-26(18(29)30)12-9-27(10-12)15-6-7-24-17-16(15)14(8-23)25-28(17)11-2-4-13(5-3-11)31-19(20,21)22/h2-7,12H,8-10,23H2,1H3,(H,29,30). The molecule has 0 spiro atoms. The van der Waals surface area contributed by atoms with Crippen LogP contribution < -0.4 is 15.4 Å². The number of alkyl halides is 3. The van der Waals surface area contributed by atoms with Crippen LogP contribution in [0.2, 0.25) is 0 Å². The van der Waals surface area contributed by atoms with Crippen molar-refractivity contribution in [2.75, 3.05) is 25.0 Å². The molecule has 3 heterocycles. The Morgan fingerprint density at radius 2 is 1.97 bits per heavy atom. The summed E-state index contributed by atoms with van der Waals surface area (Å²) in [5.41, 5.74) is 8.28. The molecule has 0 atom stereocenters. The molecule has 9 nitrogen and oxygen atoms in total. The Labute approximate surface area is 174 Å². The third-order valence-corrected chi connectivity index (χ3v) is 5.18. The summed E-state index contributed by atoms with van der Waals surface area (Å²) in [6.07, 6.45) is -4.16. The van der Waals surface area contributed by atoms with Gasteiger partial charge in [-0.3, -0.25) is 0 Å². The minimum Gasteiger partial charge on any atom is -0.465 e. The second-order valence-electron chi connectivity index (χ2n) is 7.09. The summed E-state index contributed by atoms with van der Waals surface area (Å²) in [7, 11) is 1.53.